The van der Waals surface area contributed by atoms with Crippen molar-refractivity contribution in [2.24, 2.45) is 0 Å². The largest absolute Gasteiger partial charge is 0.494 e. The first-order valence-electron chi connectivity index (χ1n) is 11.4. The fourth-order valence-electron chi connectivity index (χ4n) is 3.63. The van der Waals surface area contributed by atoms with E-state index < -0.39 is 0 Å². The molecule has 0 spiro atoms. The Labute approximate surface area is 193 Å². The van der Waals surface area contributed by atoms with Crippen LogP contribution in [0, 0.1) is 0 Å². The zero-order chi connectivity index (χ0) is 22.9. The van der Waals surface area contributed by atoms with E-state index in [9.17, 15) is 4.79 Å². The number of hydrogen-bond donors (Lipinski definition) is 1. The third kappa shape index (κ3) is 6.87. The topological polar surface area (TPSA) is 89.7 Å². The summed E-state index contributed by atoms with van der Waals surface area (Å²) in [7, 11) is 0. The Kier molecular flexibility index (Phi) is 8.05. The second-order valence-corrected chi connectivity index (χ2v) is 7.95. The summed E-state index contributed by atoms with van der Waals surface area (Å²) >= 11 is 0. The van der Waals surface area contributed by atoms with E-state index in [1.807, 2.05) is 31.2 Å². The Hall–Kier alpha value is -3.23. The number of aromatic nitrogens is 2. The van der Waals surface area contributed by atoms with Crippen LogP contribution in [-0.2, 0) is 29.0 Å². The number of carbonyl (C=O) groups is 1. The minimum absolute atomic E-state index is 0.0480. The van der Waals surface area contributed by atoms with Gasteiger partial charge in [0.25, 0.3) is 0 Å². The molecular weight excluding hydrogens is 420 g/mol. The van der Waals surface area contributed by atoms with Gasteiger partial charge in [0.2, 0.25) is 17.6 Å². The molecule has 4 rings (SSSR count). The van der Waals surface area contributed by atoms with Crippen molar-refractivity contribution in [1.82, 2.24) is 20.4 Å². The van der Waals surface area contributed by atoms with Gasteiger partial charge in [-0.3, -0.25) is 9.69 Å². The highest BCUT2D eigenvalue weighted by molar-refractivity contribution is 5.76. The normalized spacial score (nSPS) is 14.2. The molecule has 1 N–H and O–H groups in total. The van der Waals surface area contributed by atoms with E-state index in [1.54, 1.807) is 0 Å². The molecule has 1 fully saturated rings. The van der Waals surface area contributed by atoms with Crippen molar-refractivity contribution < 1.29 is 18.8 Å². The molecule has 0 saturated carbocycles. The molecule has 8 heteroatoms. The van der Waals surface area contributed by atoms with Crippen molar-refractivity contribution >= 4 is 5.91 Å². The summed E-state index contributed by atoms with van der Waals surface area (Å²) in [6.07, 6.45) is 0.689. The second kappa shape index (κ2) is 11.6. The maximum atomic E-state index is 12.3. The Bertz CT molecular complexity index is 1010. The van der Waals surface area contributed by atoms with E-state index in [0.717, 1.165) is 49.7 Å². The van der Waals surface area contributed by atoms with Gasteiger partial charge in [0, 0.05) is 44.6 Å². The van der Waals surface area contributed by atoms with Crippen molar-refractivity contribution in [1.29, 1.82) is 0 Å². The highest BCUT2D eigenvalue weighted by Gasteiger charge is 2.12. The zero-order valence-corrected chi connectivity index (χ0v) is 19.0. The van der Waals surface area contributed by atoms with Crippen molar-refractivity contribution in [2.45, 2.75) is 32.9 Å². The predicted octanol–water partition coefficient (Wildman–Crippen LogP) is 3.22. The monoisotopic (exact) mass is 450 g/mol. The van der Waals surface area contributed by atoms with Crippen molar-refractivity contribution in [2.75, 3.05) is 32.9 Å². The van der Waals surface area contributed by atoms with E-state index in [4.69, 9.17) is 14.0 Å². The van der Waals surface area contributed by atoms with Crippen LogP contribution in [0.25, 0.3) is 11.4 Å². The Morgan fingerprint density at radius 1 is 1.06 bits per heavy atom. The number of carbonyl (C=O) groups excluding carboxylic acids is 1. The zero-order valence-electron chi connectivity index (χ0n) is 19.0. The maximum absolute atomic E-state index is 12.3. The van der Waals surface area contributed by atoms with Gasteiger partial charge in [-0.1, -0.05) is 29.4 Å². The summed E-state index contributed by atoms with van der Waals surface area (Å²) in [5.74, 6) is 1.70. The fraction of sp³-hybridized carbons (Fsp3) is 0.400. The van der Waals surface area contributed by atoms with E-state index >= 15 is 0 Å². The van der Waals surface area contributed by atoms with Gasteiger partial charge in [-0.2, -0.15) is 4.98 Å². The van der Waals surface area contributed by atoms with Gasteiger partial charge in [0.05, 0.1) is 19.8 Å². The van der Waals surface area contributed by atoms with Gasteiger partial charge in [-0.15, -0.1) is 0 Å². The van der Waals surface area contributed by atoms with Gasteiger partial charge in [0.15, 0.2) is 0 Å². The number of morpholine rings is 1. The van der Waals surface area contributed by atoms with Crippen LogP contribution in [0.5, 0.6) is 5.75 Å². The lowest BCUT2D eigenvalue weighted by Gasteiger charge is -2.26. The smallest absolute Gasteiger partial charge is 0.227 e. The van der Waals surface area contributed by atoms with Crippen LogP contribution in [0.1, 0.15) is 30.4 Å². The summed E-state index contributed by atoms with van der Waals surface area (Å²) in [5, 5.41) is 6.97. The number of nitrogens with zero attached hydrogens (tertiary/aromatic N) is 3. The van der Waals surface area contributed by atoms with Crippen molar-refractivity contribution in [3.8, 4) is 17.1 Å². The van der Waals surface area contributed by atoms with E-state index in [2.05, 4.69) is 44.6 Å². The molecule has 0 radical (unpaired) electrons. The van der Waals surface area contributed by atoms with Crippen LogP contribution in [0.3, 0.4) is 0 Å². The highest BCUT2D eigenvalue weighted by Crippen LogP contribution is 2.20. The predicted molar refractivity (Wildman–Crippen MR) is 124 cm³/mol. The number of rotatable bonds is 10. The van der Waals surface area contributed by atoms with E-state index in [-0.39, 0.29) is 5.91 Å². The summed E-state index contributed by atoms with van der Waals surface area (Å²) in [6, 6.07) is 15.9. The first kappa shape index (κ1) is 22.9. The van der Waals surface area contributed by atoms with Crippen LogP contribution < -0.4 is 10.1 Å². The number of aryl methyl sites for hydroxylation is 1. The highest BCUT2D eigenvalue weighted by atomic mass is 16.5. The lowest BCUT2D eigenvalue weighted by atomic mass is 10.1. The molecule has 8 nitrogen and oxygen atoms in total. The second-order valence-electron chi connectivity index (χ2n) is 7.95. The average molecular weight is 451 g/mol. The standard InChI is InChI=1S/C25H30N4O4/c1-2-32-22-9-7-21(8-10-22)25-27-24(33-28-25)12-11-23(30)26-17-19-3-5-20(6-4-19)18-29-13-15-31-16-14-29/h3-10H,2,11-18H2,1H3,(H,26,30). The molecule has 0 atom stereocenters. The van der Waals surface area contributed by atoms with Crippen LogP contribution >= 0.6 is 0 Å². The molecule has 1 aliphatic heterocycles. The number of benzene rings is 2. The molecule has 1 amide bonds. The summed E-state index contributed by atoms with van der Waals surface area (Å²) < 4.78 is 16.1. The van der Waals surface area contributed by atoms with E-state index in [1.165, 1.54) is 5.56 Å². The third-order valence-corrected chi connectivity index (χ3v) is 5.48. The fourth-order valence-corrected chi connectivity index (χ4v) is 3.63. The van der Waals surface area contributed by atoms with Gasteiger partial charge in [-0.05, 0) is 42.3 Å². The summed E-state index contributed by atoms with van der Waals surface area (Å²) in [5.41, 5.74) is 3.19. The Morgan fingerprint density at radius 2 is 1.79 bits per heavy atom. The number of ether oxygens (including phenoxy) is 2. The molecule has 0 bridgehead atoms. The lowest BCUT2D eigenvalue weighted by Crippen LogP contribution is -2.35. The van der Waals surface area contributed by atoms with Crippen LogP contribution in [-0.4, -0.2) is 53.9 Å². The molecule has 1 saturated heterocycles. The molecule has 33 heavy (non-hydrogen) atoms. The molecule has 0 aliphatic carbocycles. The van der Waals surface area contributed by atoms with Gasteiger partial charge in [-0.25, -0.2) is 0 Å². The first-order chi connectivity index (χ1) is 16.2. The molecule has 3 aromatic rings. The minimum Gasteiger partial charge on any atom is -0.494 e. The summed E-state index contributed by atoms with van der Waals surface area (Å²) in [6.45, 7) is 7.54. The Balaban J connectivity index is 1.19. The van der Waals surface area contributed by atoms with E-state index in [0.29, 0.717) is 37.7 Å². The molecule has 2 heterocycles. The van der Waals surface area contributed by atoms with Crippen LogP contribution in [0.4, 0.5) is 0 Å². The maximum Gasteiger partial charge on any atom is 0.227 e. The number of hydrogen-bond acceptors (Lipinski definition) is 7. The molecular formula is C25H30N4O4. The third-order valence-electron chi connectivity index (χ3n) is 5.48. The molecule has 174 valence electrons. The lowest BCUT2D eigenvalue weighted by molar-refractivity contribution is -0.121. The molecule has 2 aromatic carbocycles. The Morgan fingerprint density at radius 3 is 2.52 bits per heavy atom. The summed E-state index contributed by atoms with van der Waals surface area (Å²) in [4.78, 5) is 19.0. The van der Waals surface area contributed by atoms with Gasteiger partial charge in [0.1, 0.15) is 5.75 Å². The van der Waals surface area contributed by atoms with Crippen molar-refractivity contribution in [3.63, 3.8) is 0 Å². The quantitative estimate of drug-likeness (QED) is 0.507. The van der Waals surface area contributed by atoms with Crippen molar-refractivity contribution in [3.05, 3.63) is 65.5 Å². The first-order valence-corrected chi connectivity index (χ1v) is 11.4. The van der Waals surface area contributed by atoms with Gasteiger partial charge >= 0.3 is 0 Å². The SMILES string of the molecule is CCOc1ccc(-c2noc(CCC(=O)NCc3ccc(CN4CCOCC4)cc3)n2)cc1. The molecule has 0 unspecified atom stereocenters. The average Bonchev–Trinajstić information content (AvgIpc) is 3.33. The van der Waals surface area contributed by atoms with Gasteiger partial charge < -0.3 is 19.3 Å². The van der Waals surface area contributed by atoms with Crippen LogP contribution in [0.2, 0.25) is 0 Å². The number of amides is 1. The molecule has 1 aromatic heterocycles. The van der Waals surface area contributed by atoms with Crippen LogP contribution in [0.15, 0.2) is 53.1 Å². The minimum atomic E-state index is -0.0480. The molecule has 1 aliphatic rings. The number of nitrogens with one attached hydrogen (secondary N) is 1.